The first-order chi connectivity index (χ1) is 40.7. The maximum atomic E-state index is 13.5. The summed E-state index contributed by atoms with van der Waals surface area (Å²) < 4.78 is 17.7. The second kappa shape index (κ2) is 59.9. The lowest BCUT2D eigenvalue weighted by Crippen LogP contribution is -2.61. The van der Waals surface area contributed by atoms with E-state index in [2.05, 4.69) is 62.5 Å². The molecule has 11 nitrogen and oxygen atoms in total. The van der Waals surface area contributed by atoms with Gasteiger partial charge in [-0.05, 0) is 77.0 Å². The van der Waals surface area contributed by atoms with Crippen LogP contribution in [-0.4, -0.2) is 99.6 Å². The normalized spacial score (nSPS) is 18.8. The van der Waals surface area contributed by atoms with Crippen molar-refractivity contribution in [2.24, 2.45) is 0 Å². The summed E-state index contributed by atoms with van der Waals surface area (Å²) in [4.78, 5) is 26.6. The van der Waals surface area contributed by atoms with E-state index in [9.17, 15) is 35.1 Å². The molecule has 6 N–H and O–H groups in total. The van der Waals surface area contributed by atoms with E-state index in [1.54, 1.807) is 6.08 Å². The van der Waals surface area contributed by atoms with E-state index in [0.717, 1.165) is 83.5 Å². The average Bonchev–Trinajstić information content (AvgIpc) is 3.54. The molecular weight excluding hydrogens is 1040 g/mol. The molecule has 83 heavy (non-hydrogen) atoms. The van der Waals surface area contributed by atoms with Crippen molar-refractivity contribution >= 4 is 11.9 Å². The molecule has 1 heterocycles. The Kier molecular flexibility index (Phi) is 56.8. The zero-order valence-corrected chi connectivity index (χ0v) is 54.1. The molecule has 0 aromatic rings. The highest BCUT2D eigenvalue weighted by Crippen LogP contribution is 2.26. The number of nitrogens with one attached hydrogen (secondary N) is 1. The van der Waals surface area contributed by atoms with Crippen molar-refractivity contribution in [3.63, 3.8) is 0 Å². The van der Waals surface area contributed by atoms with Crippen molar-refractivity contribution in [3.05, 3.63) is 48.6 Å². The van der Waals surface area contributed by atoms with Crippen LogP contribution in [0.2, 0.25) is 0 Å². The number of hydrogen-bond donors (Lipinski definition) is 6. The molecule has 0 spiro atoms. The van der Waals surface area contributed by atoms with Gasteiger partial charge < -0.3 is 45.1 Å². The molecule has 486 valence electrons. The molecule has 1 aliphatic rings. The molecule has 11 heteroatoms. The van der Waals surface area contributed by atoms with Gasteiger partial charge in [-0.25, -0.2) is 0 Å². The molecule has 0 aromatic carbocycles. The number of esters is 1. The minimum Gasteiger partial charge on any atom is -0.454 e. The van der Waals surface area contributed by atoms with Gasteiger partial charge in [0.05, 0.1) is 25.4 Å². The lowest BCUT2D eigenvalue weighted by molar-refractivity contribution is -0.305. The molecule has 1 rings (SSSR count). The topological polar surface area (TPSA) is 175 Å². The van der Waals surface area contributed by atoms with Gasteiger partial charge in [0.25, 0.3) is 0 Å². The Morgan fingerprint density at radius 1 is 0.470 bits per heavy atom. The first-order valence-electron chi connectivity index (χ1n) is 35.4. The van der Waals surface area contributed by atoms with Crippen LogP contribution in [0.25, 0.3) is 0 Å². The lowest BCUT2D eigenvalue weighted by atomic mass is 9.99. The molecule has 8 unspecified atom stereocenters. The average molecular weight is 1170 g/mol. The van der Waals surface area contributed by atoms with Gasteiger partial charge in [-0.15, -0.1) is 0 Å². The van der Waals surface area contributed by atoms with E-state index in [1.165, 1.54) is 205 Å². The first-order valence-corrected chi connectivity index (χ1v) is 35.4. The van der Waals surface area contributed by atoms with Gasteiger partial charge in [0.2, 0.25) is 5.91 Å². The molecule has 0 saturated carbocycles. The van der Waals surface area contributed by atoms with E-state index < -0.39 is 67.4 Å². The molecule has 1 amide bonds. The van der Waals surface area contributed by atoms with E-state index in [1.807, 2.05) is 6.08 Å². The monoisotopic (exact) mass is 1170 g/mol. The number of ether oxygens (including phenoxy) is 3. The number of hydrogen-bond acceptors (Lipinski definition) is 10. The molecule has 1 fully saturated rings. The van der Waals surface area contributed by atoms with E-state index in [4.69, 9.17) is 14.2 Å². The number of rotatable bonds is 61. The first kappa shape index (κ1) is 78.6. The third kappa shape index (κ3) is 47.4. The summed E-state index contributed by atoms with van der Waals surface area (Å²) in [5.41, 5.74) is 0. The van der Waals surface area contributed by atoms with Crippen molar-refractivity contribution < 1.29 is 49.3 Å². The van der Waals surface area contributed by atoms with Crippen molar-refractivity contribution in [3.8, 4) is 0 Å². The van der Waals surface area contributed by atoms with E-state index in [0.29, 0.717) is 19.3 Å². The standard InChI is InChI=1S/C72H133NO10/c1-4-7-10-13-16-19-22-25-27-28-29-30-31-32-33-34-35-36-37-39-41-44-47-50-53-56-59-65(76)71(80)73-63(64(75)58-55-52-49-46-43-40-24-21-18-15-12-9-6-3)62-81-72-70(69(79)68(78)66(61-74)82-72)83-67(77)60-57-54-51-48-45-42-38-26-23-20-17-14-11-8-5-2/h17,20,23,25-27,55,58,63-66,68-70,72,74-76,78-79H,4-16,18-19,21-22,24,28-54,56-57,59-62H2,1-3H3,(H,73,80)/b20-17+,26-23+,27-25+,58-55+. The Morgan fingerprint density at radius 3 is 1.27 bits per heavy atom. The maximum Gasteiger partial charge on any atom is 0.306 e. The van der Waals surface area contributed by atoms with E-state index in [-0.39, 0.29) is 13.0 Å². The zero-order valence-electron chi connectivity index (χ0n) is 54.1. The minimum atomic E-state index is -1.62. The van der Waals surface area contributed by atoms with Gasteiger partial charge in [-0.1, -0.05) is 301 Å². The smallest absolute Gasteiger partial charge is 0.306 e. The van der Waals surface area contributed by atoms with Crippen LogP contribution in [0.5, 0.6) is 0 Å². The van der Waals surface area contributed by atoms with Gasteiger partial charge in [0, 0.05) is 6.42 Å². The number of aliphatic hydroxyl groups is 5. The predicted molar refractivity (Wildman–Crippen MR) is 347 cm³/mol. The number of aliphatic hydroxyl groups excluding tert-OH is 5. The van der Waals surface area contributed by atoms with Gasteiger partial charge >= 0.3 is 5.97 Å². The second-order valence-electron chi connectivity index (χ2n) is 24.6. The molecule has 0 bridgehead atoms. The predicted octanol–water partition coefficient (Wildman–Crippen LogP) is 18.0. The summed E-state index contributed by atoms with van der Waals surface area (Å²) in [7, 11) is 0. The molecular formula is C72H133NO10. The van der Waals surface area contributed by atoms with Crippen LogP contribution in [0.15, 0.2) is 48.6 Å². The third-order valence-electron chi connectivity index (χ3n) is 16.7. The molecule has 8 atom stereocenters. The molecule has 0 radical (unpaired) electrons. The highest BCUT2D eigenvalue weighted by molar-refractivity contribution is 5.80. The summed E-state index contributed by atoms with van der Waals surface area (Å²) in [5.74, 6) is -1.19. The quantitative estimate of drug-likeness (QED) is 0.0149. The van der Waals surface area contributed by atoms with Crippen LogP contribution in [-0.2, 0) is 23.8 Å². The summed E-state index contributed by atoms with van der Waals surface area (Å²) in [5, 5.41) is 57.2. The Balaban J connectivity index is 2.56. The lowest BCUT2D eigenvalue weighted by Gasteiger charge is -2.41. The summed E-state index contributed by atoms with van der Waals surface area (Å²) >= 11 is 0. The maximum absolute atomic E-state index is 13.5. The highest BCUT2D eigenvalue weighted by Gasteiger charge is 2.47. The largest absolute Gasteiger partial charge is 0.454 e. The Labute approximate surface area is 510 Å². The van der Waals surface area contributed by atoms with E-state index >= 15 is 0 Å². The van der Waals surface area contributed by atoms with Crippen LogP contribution in [0, 0.1) is 0 Å². The molecule has 0 aromatic heterocycles. The summed E-state index contributed by atoms with van der Waals surface area (Å²) in [6, 6.07) is -1.03. The molecule has 1 saturated heterocycles. The van der Waals surface area contributed by atoms with Crippen LogP contribution in [0.3, 0.4) is 0 Å². The summed E-state index contributed by atoms with van der Waals surface area (Å²) in [6.45, 7) is 5.79. The highest BCUT2D eigenvalue weighted by atomic mass is 16.7. The SMILES string of the molecule is CCCCC/C=C/C=C/CCCCCCCCC(=O)OC1C(OCC(NC(=O)C(O)CCCCCCCCCCCCCCCCCC/C=C/CCCCCCCC)C(O)/C=C/CCCCCCCCCCCCC)OC(CO)C(O)C1O. The Hall–Kier alpha value is -2.38. The fourth-order valence-electron chi connectivity index (χ4n) is 11.1. The Bertz CT molecular complexity index is 1540. The number of carbonyl (C=O) groups excluding carboxylic acids is 2. The minimum absolute atomic E-state index is 0.112. The van der Waals surface area contributed by atoms with Crippen LogP contribution in [0.1, 0.15) is 335 Å². The zero-order chi connectivity index (χ0) is 60.3. The fourth-order valence-corrected chi connectivity index (χ4v) is 11.1. The van der Waals surface area contributed by atoms with Crippen LogP contribution < -0.4 is 5.32 Å². The van der Waals surface area contributed by atoms with Crippen molar-refractivity contribution in [1.82, 2.24) is 5.32 Å². The molecule has 1 aliphatic heterocycles. The van der Waals surface area contributed by atoms with Crippen molar-refractivity contribution in [1.29, 1.82) is 0 Å². The third-order valence-corrected chi connectivity index (χ3v) is 16.7. The second-order valence-corrected chi connectivity index (χ2v) is 24.6. The van der Waals surface area contributed by atoms with Gasteiger partial charge in [-0.2, -0.15) is 0 Å². The van der Waals surface area contributed by atoms with Crippen molar-refractivity contribution in [2.45, 2.75) is 384 Å². The number of amides is 1. The van der Waals surface area contributed by atoms with Crippen molar-refractivity contribution in [2.75, 3.05) is 13.2 Å². The number of unbranched alkanes of at least 4 members (excludes halogenated alkanes) is 42. The number of carbonyl (C=O) groups is 2. The van der Waals surface area contributed by atoms with Crippen LogP contribution >= 0.6 is 0 Å². The molecule has 0 aliphatic carbocycles. The summed E-state index contributed by atoms with van der Waals surface area (Å²) in [6.07, 6.45) is 64.4. The number of allylic oxidation sites excluding steroid dienone is 7. The van der Waals surface area contributed by atoms with Gasteiger partial charge in [0.1, 0.15) is 24.4 Å². The fraction of sp³-hybridized carbons (Fsp3) is 0.861. The van der Waals surface area contributed by atoms with Gasteiger partial charge in [0.15, 0.2) is 12.4 Å². The Morgan fingerprint density at radius 2 is 0.831 bits per heavy atom. The van der Waals surface area contributed by atoms with Gasteiger partial charge in [-0.3, -0.25) is 9.59 Å². The van der Waals surface area contributed by atoms with Crippen LogP contribution in [0.4, 0.5) is 0 Å².